The van der Waals surface area contributed by atoms with Crippen LogP contribution < -0.4 is 5.32 Å². The molecule has 0 spiro atoms. The van der Waals surface area contributed by atoms with Crippen LogP contribution in [-0.4, -0.2) is 17.0 Å². The highest BCUT2D eigenvalue weighted by Crippen LogP contribution is 2.31. The minimum atomic E-state index is -1.01. The van der Waals surface area contributed by atoms with Crippen LogP contribution in [0, 0.1) is 10.7 Å². The number of halogens is 3. The van der Waals surface area contributed by atoms with Gasteiger partial charge in [0.15, 0.2) is 0 Å². The molecule has 0 heterocycles. The first-order valence-electron chi connectivity index (χ1n) is 4.22. The van der Waals surface area contributed by atoms with Crippen molar-refractivity contribution in [1.82, 2.24) is 0 Å². The fourth-order valence-corrected chi connectivity index (χ4v) is 5.18. The number of nitrogens with one attached hydrogen (secondary N) is 1. The molecule has 0 aliphatic heterocycles. The van der Waals surface area contributed by atoms with Crippen LogP contribution in [-0.2, 0) is 4.79 Å². The van der Waals surface area contributed by atoms with Crippen molar-refractivity contribution in [2.75, 3.05) is 5.32 Å². The summed E-state index contributed by atoms with van der Waals surface area (Å²) in [6.07, 6.45) is 1.14. The van der Waals surface area contributed by atoms with E-state index in [4.69, 9.17) is 5.11 Å². The van der Waals surface area contributed by atoms with E-state index in [1.165, 1.54) is 0 Å². The van der Waals surface area contributed by atoms with E-state index in [1.807, 2.05) is 67.8 Å². The minimum Gasteiger partial charge on any atom is -0.478 e. The predicted molar refractivity (Wildman–Crippen MR) is 90.4 cm³/mol. The first-order chi connectivity index (χ1) is 7.88. The molecule has 0 aromatic heterocycles. The summed E-state index contributed by atoms with van der Waals surface area (Å²) in [5.74, 6) is -1.37. The molecule has 17 heavy (non-hydrogen) atoms. The molecule has 0 radical (unpaired) electrons. The van der Waals surface area contributed by atoms with Gasteiger partial charge in [-0.15, -0.1) is 0 Å². The fourth-order valence-electron chi connectivity index (χ4n) is 1.08. The van der Waals surface area contributed by atoms with Crippen LogP contribution in [0.15, 0.2) is 18.7 Å². The number of carboxylic acids is 1. The Morgan fingerprint density at radius 1 is 1.29 bits per heavy atom. The molecule has 0 atom stereocenters. The first kappa shape index (κ1) is 15.1. The molecular formula is C10H6I3NO3. The molecule has 0 bridgehead atoms. The summed E-state index contributed by atoms with van der Waals surface area (Å²) >= 11 is 5.93. The van der Waals surface area contributed by atoms with E-state index in [2.05, 4.69) is 11.9 Å². The number of carboxylic acid groups (broad SMARTS) is 1. The minimum absolute atomic E-state index is 0.200. The van der Waals surface area contributed by atoms with Gasteiger partial charge < -0.3 is 10.4 Å². The molecular weight excluding hydrogens is 563 g/mol. The Hall–Kier alpha value is 0.0900. The van der Waals surface area contributed by atoms with Crippen molar-refractivity contribution in [2.45, 2.75) is 0 Å². The van der Waals surface area contributed by atoms with E-state index in [-0.39, 0.29) is 11.5 Å². The standard InChI is InChI=1S/C10H6I3NO3/c1-2-6(15)14-9-5(12)3-4(11)7(8(9)13)10(16)17/h2-3H,1H2,(H,14,15)(H,16,17). The van der Waals surface area contributed by atoms with Crippen LogP contribution in [0.4, 0.5) is 5.69 Å². The van der Waals surface area contributed by atoms with E-state index in [1.54, 1.807) is 6.07 Å². The molecule has 2 N–H and O–H groups in total. The number of hydrogen-bond donors (Lipinski definition) is 2. The number of hydrogen-bond acceptors (Lipinski definition) is 2. The summed E-state index contributed by atoms with van der Waals surface area (Å²) in [4.78, 5) is 22.4. The molecule has 0 aliphatic carbocycles. The van der Waals surface area contributed by atoms with Crippen LogP contribution in [0.1, 0.15) is 10.4 Å². The van der Waals surface area contributed by atoms with Crippen molar-refractivity contribution in [2.24, 2.45) is 0 Å². The summed E-state index contributed by atoms with van der Waals surface area (Å²) in [6.45, 7) is 3.36. The second kappa shape index (κ2) is 6.31. The van der Waals surface area contributed by atoms with E-state index >= 15 is 0 Å². The monoisotopic (exact) mass is 569 g/mol. The Balaban J connectivity index is 3.40. The molecule has 0 unspecified atom stereocenters. The summed E-state index contributed by atoms with van der Waals surface area (Å²) in [7, 11) is 0. The number of aromatic carboxylic acids is 1. The molecule has 90 valence electrons. The predicted octanol–water partition coefficient (Wildman–Crippen LogP) is 3.32. The van der Waals surface area contributed by atoms with E-state index < -0.39 is 5.97 Å². The smallest absolute Gasteiger partial charge is 0.337 e. The average Bonchev–Trinajstić information content (AvgIpc) is 2.22. The van der Waals surface area contributed by atoms with E-state index in [0.29, 0.717) is 12.8 Å². The van der Waals surface area contributed by atoms with Gasteiger partial charge in [-0.1, -0.05) is 6.58 Å². The molecule has 1 aromatic carbocycles. The molecule has 1 rings (SSSR count). The summed E-state index contributed by atoms with van der Waals surface area (Å²) in [6, 6.07) is 1.71. The molecule has 0 saturated heterocycles. The number of rotatable bonds is 3. The van der Waals surface area contributed by atoms with Crippen molar-refractivity contribution in [1.29, 1.82) is 0 Å². The second-order valence-electron chi connectivity index (χ2n) is 2.90. The molecule has 0 aliphatic rings. The number of carbonyl (C=O) groups excluding carboxylic acids is 1. The molecule has 7 heteroatoms. The Bertz CT molecular complexity index is 514. The topological polar surface area (TPSA) is 66.4 Å². The number of carbonyl (C=O) groups is 2. The highest BCUT2D eigenvalue weighted by Gasteiger charge is 2.19. The average molecular weight is 569 g/mol. The van der Waals surface area contributed by atoms with Gasteiger partial charge in [-0.3, -0.25) is 4.79 Å². The number of anilines is 1. The van der Waals surface area contributed by atoms with Crippen LogP contribution in [0.3, 0.4) is 0 Å². The summed E-state index contributed by atoms with van der Waals surface area (Å²) in [5, 5.41) is 11.7. The lowest BCUT2D eigenvalue weighted by atomic mass is 10.2. The van der Waals surface area contributed by atoms with Gasteiger partial charge in [-0.25, -0.2) is 4.79 Å². The van der Waals surface area contributed by atoms with Crippen LogP contribution in [0.5, 0.6) is 0 Å². The third kappa shape index (κ3) is 3.53. The Kier molecular flexibility index (Phi) is 5.63. The normalized spacial score (nSPS) is 9.82. The van der Waals surface area contributed by atoms with Gasteiger partial charge in [0, 0.05) is 7.14 Å². The van der Waals surface area contributed by atoms with Crippen molar-refractivity contribution >= 4 is 85.3 Å². The number of benzene rings is 1. The lowest BCUT2D eigenvalue weighted by Crippen LogP contribution is -2.13. The highest BCUT2D eigenvalue weighted by atomic mass is 127. The maximum atomic E-state index is 11.3. The molecule has 1 amide bonds. The maximum absolute atomic E-state index is 11.3. The van der Waals surface area contributed by atoms with Gasteiger partial charge in [-0.05, 0) is 79.9 Å². The van der Waals surface area contributed by atoms with Crippen LogP contribution >= 0.6 is 67.8 Å². The lowest BCUT2D eigenvalue weighted by molar-refractivity contribution is -0.111. The Labute approximate surface area is 139 Å². The van der Waals surface area contributed by atoms with Crippen LogP contribution in [0.2, 0.25) is 0 Å². The maximum Gasteiger partial charge on any atom is 0.337 e. The Morgan fingerprint density at radius 3 is 2.35 bits per heavy atom. The van der Waals surface area contributed by atoms with Crippen molar-refractivity contribution in [3.8, 4) is 0 Å². The van der Waals surface area contributed by atoms with E-state index in [9.17, 15) is 9.59 Å². The van der Waals surface area contributed by atoms with Crippen molar-refractivity contribution in [3.05, 3.63) is 35.0 Å². The van der Waals surface area contributed by atoms with Crippen molar-refractivity contribution in [3.63, 3.8) is 0 Å². The zero-order valence-electron chi connectivity index (χ0n) is 8.26. The van der Waals surface area contributed by atoms with E-state index in [0.717, 1.165) is 9.65 Å². The van der Waals surface area contributed by atoms with Gasteiger partial charge in [0.1, 0.15) is 0 Å². The highest BCUT2D eigenvalue weighted by molar-refractivity contribution is 14.1. The third-order valence-electron chi connectivity index (χ3n) is 1.82. The van der Waals surface area contributed by atoms with Gasteiger partial charge in [-0.2, -0.15) is 0 Å². The van der Waals surface area contributed by atoms with Gasteiger partial charge in [0.25, 0.3) is 0 Å². The quantitative estimate of drug-likeness (QED) is 0.434. The number of amides is 1. The largest absolute Gasteiger partial charge is 0.478 e. The second-order valence-corrected chi connectivity index (χ2v) is 6.31. The van der Waals surface area contributed by atoms with Gasteiger partial charge >= 0.3 is 5.97 Å². The van der Waals surface area contributed by atoms with Gasteiger partial charge in [0.2, 0.25) is 5.91 Å². The Morgan fingerprint density at radius 2 is 1.88 bits per heavy atom. The summed E-state index contributed by atoms with van der Waals surface area (Å²) < 4.78 is 1.94. The zero-order chi connectivity index (χ0) is 13.2. The lowest BCUT2D eigenvalue weighted by Gasteiger charge is -2.12. The zero-order valence-corrected chi connectivity index (χ0v) is 14.7. The fraction of sp³-hybridized carbons (Fsp3) is 0. The molecule has 4 nitrogen and oxygen atoms in total. The molecule has 1 aromatic rings. The SMILES string of the molecule is C=CC(=O)Nc1c(I)cc(I)c(C(=O)O)c1I. The third-order valence-corrected chi connectivity index (χ3v) is 4.60. The molecule has 0 fully saturated rings. The van der Waals surface area contributed by atoms with Gasteiger partial charge in [0.05, 0.1) is 14.8 Å². The summed E-state index contributed by atoms with van der Waals surface area (Å²) in [5.41, 5.74) is 0.708. The molecule has 0 saturated carbocycles. The van der Waals surface area contributed by atoms with Crippen molar-refractivity contribution < 1.29 is 14.7 Å². The first-order valence-corrected chi connectivity index (χ1v) is 7.46. The van der Waals surface area contributed by atoms with Crippen LogP contribution in [0.25, 0.3) is 0 Å².